The number of fused-ring (bicyclic) bond motifs is 1. The molecule has 1 amide bonds. The second-order valence-electron chi connectivity index (χ2n) is 6.87. The molecule has 3 atom stereocenters. The first-order chi connectivity index (χ1) is 14.1. The molecule has 1 N–H and O–H groups in total. The predicted octanol–water partition coefficient (Wildman–Crippen LogP) is -1.07. The summed E-state index contributed by atoms with van der Waals surface area (Å²) in [7, 11) is 4.28. The fourth-order valence-corrected chi connectivity index (χ4v) is 3.36. The lowest BCUT2D eigenvalue weighted by atomic mass is 10.1. The van der Waals surface area contributed by atoms with Gasteiger partial charge >= 0.3 is 11.7 Å². The largest absolute Gasteiger partial charge is 0.463 e. The van der Waals surface area contributed by atoms with E-state index in [1.165, 1.54) is 50.5 Å². The average molecular weight is 421 g/mol. The number of nitrogens with one attached hydrogen (secondary N) is 1. The molecule has 0 aromatic carbocycles. The van der Waals surface area contributed by atoms with Gasteiger partial charge in [-0.15, -0.1) is 0 Å². The molecule has 2 aromatic rings. The number of carbonyl (C=O) groups excluding carboxylic acids is 2. The van der Waals surface area contributed by atoms with Gasteiger partial charge in [0.2, 0.25) is 5.91 Å². The number of nitrogens with zero attached hydrogens (tertiary/aromatic N) is 4. The Morgan fingerprint density at radius 3 is 2.53 bits per heavy atom. The number of imidazole rings is 1. The Labute approximate surface area is 170 Å². The summed E-state index contributed by atoms with van der Waals surface area (Å²) in [6.45, 7) is 2.48. The number of esters is 1. The Balaban J connectivity index is 2.20. The maximum Gasteiger partial charge on any atom is 0.332 e. The maximum atomic E-state index is 12.8. The molecule has 0 saturated carbocycles. The molecular formula is C18H23N5O7. The van der Waals surface area contributed by atoms with Crippen LogP contribution < -0.4 is 16.6 Å². The van der Waals surface area contributed by atoms with E-state index in [0.717, 1.165) is 4.57 Å². The van der Waals surface area contributed by atoms with Crippen molar-refractivity contribution in [3.05, 3.63) is 38.9 Å². The van der Waals surface area contributed by atoms with Gasteiger partial charge in [0.15, 0.2) is 17.5 Å². The fourth-order valence-electron chi connectivity index (χ4n) is 3.36. The number of carbonyl (C=O) groups is 2. The quantitative estimate of drug-likeness (QED) is 0.603. The van der Waals surface area contributed by atoms with Gasteiger partial charge in [0.25, 0.3) is 5.56 Å². The third-order valence-corrected chi connectivity index (χ3v) is 4.76. The first kappa shape index (κ1) is 21.5. The molecule has 3 rings (SSSR count). The molecule has 0 aliphatic carbocycles. The standard InChI is InChI=1S/C18H23N5O7/c1-9(24)20-11-6-12(13(7-29-10(2)25)30-17(11)28-5)23-8-19-15-14(23)16(26)22(4)18(27)21(15)3/h6,8,12-13,17H,7H2,1-5H3,(H,20,24). The van der Waals surface area contributed by atoms with E-state index in [4.69, 9.17) is 14.2 Å². The first-order valence-corrected chi connectivity index (χ1v) is 9.09. The minimum Gasteiger partial charge on any atom is -0.463 e. The van der Waals surface area contributed by atoms with Gasteiger partial charge in [0, 0.05) is 35.1 Å². The van der Waals surface area contributed by atoms with Crippen LogP contribution in [-0.4, -0.2) is 56.7 Å². The van der Waals surface area contributed by atoms with Crippen LogP contribution in [0.3, 0.4) is 0 Å². The topological polar surface area (TPSA) is 136 Å². The molecule has 0 radical (unpaired) electrons. The van der Waals surface area contributed by atoms with Crippen LogP contribution in [0.5, 0.6) is 0 Å². The molecule has 1 aliphatic heterocycles. The minimum absolute atomic E-state index is 0.129. The van der Waals surface area contributed by atoms with E-state index in [0.29, 0.717) is 5.70 Å². The molecule has 3 unspecified atom stereocenters. The van der Waals surface area contributed by atoms with Crippen LogP contribution in [0.1, 0.15) is 19.9 Å². The SMILES string of the molecule is COC1OC(COC(C)=O)C(n2cnc3c2c(=O)n(C)c(=O)n3C)C=C1NC(C)=O. The molecule has 30 heavy (non-hydrogen) atoms. The smallest absolute Gasteiger partial charge is 0.332 e. The van der Waals surface area contributed by atoms with Crippen LogP contribution in [0.4, 0.5) is 0 Å². The van der Waals surface area contributed by atoms with Gasteiger partial charge in [-0.1, -0.05) is 0 Å². The lowest BCUT2D eigenvalue weighted by molar-refractivity contribution is -0.175. The van der Waals surface area contributed by atoms with E-state index in [2.05, 4.69) is 10.3 Å². The number of aromatic nitrogens is 4. The van der Waals surface area contributed by atoms with E-state index in [-0.39, 0.29) is 23.7 Å². The van der Waals surface area contributed by atoms with Crippen LogP contribution in [-0.2, 0) is 37.9 Å². The third-order valence-electron chi connectivity index (χ3n) is 4.76. The number of amides is 1. The van der Waals surface area contributed by atoms with Gasteiger partial charge in [-0.25, -0.2) is 9.78 Å². The zero-order valence-electron chi connectivity index (χ0n) is 17.2. The highest BCUT2D eigenvalue weighted by Crippen LogP contribution is 2.29. The maximum absolute atomic E-state index is 12.8. The molecule has 3 heterocycles. The summed E-state index contributed by atoms with van der Waals surface area (Å²) in [4.78, 5) is 52.2. The predicted molar refractivity (Wildman–Crippen MR) is 103 cm³/mol. The first-order valence-electron chi connectivity index (χ1n) is 9.09. The summed E-state index contributed by atoms with van der Waals surface area (Å²) in [6.07, 6.45) is 1.39. The van der Waals surface area contributed by atoms with Crippen LogP contribution in [0.2, 0.25) is 0 Å². The van der Waals surface area contributed by atoms with Gasteiger partial charge < -0.3 is 24.1 Å². The summed E-state index contributed by atoms with van der Waals surface area (Å²) in [5.41, 5.74) is -0.367. The molecular weight excluding hydrogens is 398 g/mol. The monoisotopic (exact) mass is 421 g/mol. The molecule has 2 aromatic heterocycles. The Kier molecular flexibility index (Phi) is 5.89. The minimum atomic E-state index is -0.910. The second-order valence-corrected chi connectivity index (χ2v) is 6.87. The number of hydrogen-bond donors (Lipinski definition) is 1. The third kappa shape index (κ3) is 3.78. The van der Waals surface area contributed by atoms with Crippen LogP contribution >= 0.6 is 0 Å². The molecule has 162 valence electrons. The molecule has 0 saturated heterocycles. The van der Waals surface area contributed by atoms with Crippen LogP contribution in [0.25, 0.3) is 11.2 Å². The Bertz CT molecular complexity index is 1140. The van der Waals surface area contributed by atoms with Crippen molar-refractivity contribution in [1.29, 1.82) is 0 Å². The molecule has 12 heteroatoms. The van der Waals surface area contributed by atoms with Crippen LogP contribution in [0, 0.1) is 0 Å². The number of rotatable bonds is 5. The van der Waals surface area contributed by atoms with Crippen molar-refractivity contribution in [3.8, 4) is 0 Å². The Morgan fingerprint density at radius 1 is 1.23 bits per heavy atom. The summed E-state index contributed by atoms with van der Waals surface area (Å²) in [5, 5.41) is 2.65. The van der Waals surface area contributed by atoms with Crippen molar-refractivity contribution in [3.63, 3.8) is 0 Å². The van der Waals surface area contributed by atoms with Crippen molar-refractivity contribution in [2.45, 2.75) is 32.3 Å². The van der Waals surface area contributed by atoms with Crippen molar-refractivity contribution in [1.82, 2.24) is 24.0 Å². The summed E-state index contributed by atoms with van der Waals surface area (Å²) in [6, 6.07) is -0.687. The van der Waals surface area contributed by atoms with E-state index in [1.54, 1.807) is 6.08 Å². The highest BCUT2D eigenvalue weighted by Gasteiger charge is 2.36. The van der Waals surface area contributed by atoms with Gasteiger partial charge in [-0.05, 0) is 6.08 Å². The van der Waals surface area contributed by atoms with E-state index in [1.807, 2.05) is 0 Å². The number of methoxy groups -OCH3 is 1. The molecule has 0 spiro atoms. The lowest BCUT2D eigenvalue weighted by Gasteiger charge is -2.35. The number of hydrogen-bond acceptors (Lipinski definition) is 8. The summed E-state index contributed by atoms with van der Waals surface area (Å²) >= 11 is 0. The Morgan fingerprint density at radius 2 is 1.93 bits per heavy atom. The second kappa shape index (κ2) is 8.24. The molecule has 12 nitrogen and oxygen atoms in total. The zero-order valence-corrected chi connectivity index (χ0v) is 17.2. The van der Waals surface area contributed by atoms with Gasteiger partial charge in [0.05, 0.1) is 18.1 Å². The van der Waals surface area contributed by atoms with E-state index < -0.39 is 35.7 Å². The zero-order chi connectivity index (χ0) is 22.2. The highest BCUT2D eigenvalue weighted by atomic mass is 16.7. The van der Waals surface area contributed by atoms with Gasteiger partial charge in [-0.2, -0.15) is 0 Å². The fraction of sp³-hybridized carbons (Fsp3) is 0.500. The molecule has 0 fully saturated rings. The Hall–Kier alpha value is -3.25. The van der Waals surface area contributed by atoms with Gasteiger partial charge in [0.1, 0.15) is 12.7 Å². The van der Waals surface area contributed by atoms with E-state index >= 15 is 0 Å². The number of ether oxygens (including phenoxy) is 3. The summed E-state index contributed by atoms with van der Waals surface area (Å²) < 4.78 is 20.1. The highest BCUT2D eigenvalue weighted by molar-refractivity contribution is 5.75. The molecule has 0 bridgehead atoms. The molecule has 1 aliphatic rings. The van der Waals surface area contributed by atoms with Crippen molar-refractivity contribution in [2.75, 3.05) is 13.7 Å². The number of aryl methyl sites for hydroxylation is 1. The average Bonchev–Trinajstić information content (AvgIpc) is 3.13. The van der Waals surface area contributed by atoms with Crippen molar-refractivity contribution < 1.29 is 23.8 Å². The van der Waals surface area contributed by atoms with Crippen LogP contribution in [0.15, 0.2) is 27.7 Å². The van der Waals surface area contributed by atoms with Crippen molar-refractivity contribution in [2.24, 2.45) is 14.1 Å². The van der Waals surface area contributed by atoms with Gasteiger partial charge in [-0.3, -0.25) is 23.5 Å². The summed E-state index contributed by atoms with van der Waals surface area (Å²) in [5.74, 6) is -0.838. The van der Waals surface area contributed by atoms with E-state index in [9.17, 15) is 19.2 Å². The van der Waals surface area contributed by atoms with Crippen molar-refractivity contribution >= 4 is 23.0 Å². The lowest BCUT2D eigenvalue weighted by Crippen LogP contribution is -2.44. The normalized spacial score (nSPS) is 21.4.